The predicted molar refractivity (Wildman–Crippen MR) is 56.8 cm³/mol. The van der Waals surface area contributed by atoms with Gasteiger partial charge in [-0.05, 0) is 24.1 Å². The van der Waals surface area contributed by atoms with Gasteiger partial charge in [0, 0.05) is 20.1 Å². The average Bonchev–Trinajstić information content (AvgIpc) is 2.29. The molecular formula is C12H16O3. The molecule has 0 radical (unpaired) electrons. The van der Waals surface area contributed by atoms with E-state index in [0.717, 1.165) is 25.0 Å². The summed E-state index contributed by atoms with van der Waals surface area (Å²) in [6.45, 7) is 0.721. The van der Waals surface area contributed by atoms with Gasteiger partial charge in [0.25, 0.3) is 0 Å². The highest BCUT2D eigenvalue weighted by Crippen LogP contribution is 2.30. The lowest BCUT2D eigenvalue weighted by Gasteiger charge is -2.28. The molecule has 1 aromatic rings. The first-order valence-electron chi connectivity index (χ1n) is 5.23. The molecule has 2 rings (SSSR count). The molecule has 0 amide bonds. The van der Waals surface area contributed by atoms with Crippen molar-refractivity contribution < 1.29 is 14.6 Å². The van der Waals surface area contributed by atoms with E-state index >= 15 is 0 Å². The van der Waals surface area contributed by atoms with E-state index in [2.05, 4.69) is 0 Å². The van der Waals surface area contributed by atoms with Gasteiger partial charge in [0.15, 0.2) is 0 Å². The topological polar surface area (TPSA) is 38.7 Å². The molecule has 1 aromatic carbocycles. The fraction of sp³-hybridized carbons (Fsp3) is 0.500. The SMILES string of the molecule is COC1CCOC(c2cccc(O)c2)C1. The molecule has 15 heavy (non-hydrogen) atoms. The molecular weight excluding hydrogens is 192 g/mol. The quantitative estimate of drug-likeness (QED) is 0.810. The van der Waals surface area contributed by atoms with E-state index < -0.39 is 0 Å². The van der Waals surface area contributed by atoms with Gasteiger partial charge in [0.05, 0.1) is 12.2 Å². The van der Waals surface area contributed by atoms with Gasteiger partial charge in [-0.3, -0.25) is 0 Å². The zero-order valence-electron chi connectivity index (χ0n) is 8.85. The summed E-state index contributed by atoms with van der Waals surface area (Å²) in [5.41, 5.74) is 1.02. The van der Waals surface area contributed by atoms with E-state index in [9.17, 15) is 5.11 Å². The van der Waals surface area contributed by atoms with E-state index in [0.29, 0.717) is 0 Å². The van der Waals surface area contributed by atoms with Crippen LogP contribution in [0.3, 0.4) is 0 Å². The van der Waals surface area contributed by atoms with Gasteiger partial charge < -0.3 is 14.6 Å². The van der Waals surface area contributed by atoms with Crippen molar-refractivity contribution in [3.63, 3.8) is 0 Å². The third kappa shape index (κ3) is 2.49. The lowest BCUT2D eigenvalue weighted by molar-refractivity contribution is -0.0599. The Balaban J connectivity index is 2.09. The van der Waals surface area contributed by atoms with Gasteiger partial charge >= 0.3 is 0 Å². The molecule has 2 unspecified atom stereocenters. The largest absolute Gasteiger partial charge is 0.508 e. The van der Waals surface area contributed by atoms with Crippen LogP contribution in [0.4, 0.5) is 0 Å². The van der Waals surface area contributed by atoms with Crippen LogP contribution in [-0.4, -0.2) is 24.9 Å². The number of rotatable bonds is 2. The van der Waals surface area contributed by atoms with Crippen LogP contribution in [0.5, 0.6) is 5.75 Å². The highest BCUT2D eigenvalue weighted by atomic mass is 16.5. The monoisotopic (exact) mass is 208 g/mol. The molecule has 0 aliphatic carbocycles. The Bertz CT molecular complexity index is 324. The Morgan fingerprint density at radius 3 is 3.07 bits per heavy atom. The van der Waals surface area contributed by atoms with Crippen LogP contribution in [0, 0.1) is 0 Å². The van der Waals surface area contributed by atoms with Crippen molar-refractivity contribution in [2.24, 2.45) is 0 Å². The van der Waals surface area contributed by atoms with Crippen molar-refractivity contribution in [1.82, 2.24) is 0 Å². The van der Waals surface area contributed by atoms with E-state index in [4.69, 9.17) is 9.47 Å². The first-order chi connectivity index (χ1) is 7.29. The van der Waals surface area contributed by atoms with Crippen molar-refractivity contribution in [2.75, 3.05) is 13.7 Å². The lowest BCUT2D eigenvalue weighted by atomic mass is 9.99. The van der Waals surface area contributed by atoms with Crippen LogP contribution < -0.4 is 0 Å². The fourth-order valence-electron chi connectivity index (χ4n) is 1.94. The Hall–Kier alpha value is -1.06. The molecule has 1 saturated heterocycles. The fourth-order valence-corrected chi connectivity index (χ4v) is 1.94. The van der Waals surface area contributed by atoms with Crippen molar-refractivity contribution in [3.8, 4) is 5.75 Å². The maximum Gasteiger partial charge on any atom is 0.115 e. The van der Waals surface area contributed by atoms with E-state index in [-0.39, 0.29) is 18.0 Å². The van der Waals surface area contributed by atoms with E-state index in [1.165, 1.54) is 0 Å². The molecule has 2 atom stereocenters. The first-order valence-corrected chi connectivity index (χ1v) is 5.23. The molecule has 0 aromatic heterocycles. The zero-order chi connectivity index (χ0) is 10.7. The van der Waals surface area contributed by atoms with E-state index in [1.807, 2.05) is 12.1 Å². The van der Waals surface area contributed by atoms with Gasteiger partial charge in [0.2, 0.25) is 0 Å². The Morgan fingerprint density at radius 2 is 2.33 bits per heavy atom. The normalized spacial score (nSPS) is 26.5. The average molecular weight is 208 g/mol. The number of benzene rings is 1. The van der Waals surface area contributed by atoms with E-state index in [1.54, 1.807) is 19.2 Å². The molecule has 0 saturated carbocycles. The highest BCUT2D eigenvalue weighted by Gasteiger charge is 2.23. The predicted octanol–water partition coefficient (Wildman–Crippen LogP) is 2.26. The molecule has 1 aliphatic heterocycles. The highest BCUT2D eigenvalue weighted by molar-refractivity contribution is 5.28. The number of phenolic OH excluding ortho intramolecular Hbond substituents is 1. The number of aromatic hydroxyl groups is 1. The van der Waals surface area contributed by atoms with Crippen LogP contribution in [0.2, 0.25) is 0 Å². The zero-order valence-corrected chi connectivity index (χ0v) is 8.85. The molecule has 1 aliphatic rings. The molecule has 82 valence electrons. The maximum atomic E-state index is 9.38. The molecule has 3 nitrogen and oxygen atoms in total. The molecule has 1 fully saturated rings. The lowest BCUT2D eigenvalue weighted by Crippen LogP contribution is -2.25. The number of methoxy groups -OCH3 is 1. The molecule has 1 heterocycles. The Morgan fingerprint density at radius 1 is 1.47 bits per heavy atom. The summed E-state index contributed by atoms with van der Waals surface area (Å²) in [6.07, 6.45) is 2.13. The Kier molecular flexibility index (Phi) is 3.23. The summed E-state index contributed by atoms with van der Waals surface area (Å²) < 4.78 is 11.0. The second kappa shape index (κ2) is 4.64. The van der Waals surface area contributed by atoms with Crippen LogP contribution in [-0.2, 0) is 9.47 Å². The van der Waals surface area contributed by atoms with Crippen molar-refractivity contribution in [3.05, 3.63) is 29.8 Å². The minimum Gasteiger partial charge on any atom is -0.508 e. The third-order valence-corrected chi connectivity index (χ3v) is 2.81. The molecule has 3 heteroatoms. The van der Waals surface area contributed by atoms with Crippen LogP contribution in [0.25, 0.3) is 0 Å². The summed E-state index contributed by atoms with van der Waals surface area (Å²) in [7, 11) is 1.73. The van der Waals surface area contributed by atoms with Crippen molar-refractivity contribution in [2.45, 2.75) is 25.0 Å². The number of ether oxygens (including phenoxy) is 2. The number of hydrogen-bond acceptors (Lipinski definition) is 3. The van der Waals surface area contributed by atoms with Gasteiger partial charge in [-0.25, -0.2) is 0 Å². The maximum absolute atomic E-state index is 9.38. The third-order valence-electron chi connectivity index (χ3n) is 2.81. The minimum atomic E-state index is 0.0517. The molecule has 0 bridgehead atoms. The van der Waals surface area contributed by atoms with Crippen molar-refractivity contribution in [1.29, 1.82) is 0 Å². The molecule has 1 N–H and O–H groups in total. The summed E-state index contributed by atoms with van der Waals surface area (Å²) in [5.74, 6) is 0.288. The molecule has 0 spiro atoms. The van der Waals surface area contributed by atoms with Crippen molar-refractivity contribution >= 4 is 0 Å². The summed E-state index contributed by atoms with van der Waals surface area (Å²) >= 11 is 0. The minimum absolute atomic E-state index is 0.0517. The summed E-state index contributed by atoms with van der Waals surface area (Å²) in [4.78, 5) is 0. The summed E-state index contributed by atoms with van der Waals surface area (Å²) in [5, 5.41) is 9.38. The van der Waals surface area contributed by atoms with Crippen LogP contribution >= 0.6 is 0 Å². The Labute approximate surface area is 89.6 Å². The smallest absolute Gasteiger partial charge is 0.115 e. The summed E-state index contributed by atoms with van der Waals surface area (Å²) in [6, 6.07) is 7.23. The van der Waals surface area contributed by atoms with Crippen LogP contribution in [0.15, 0.2) is 24.3 Å². The standard InChI is InChI=1S/C12H16O3/c1-14-11-5-6-15-12(8-11)9-3-2-4-10(13)7-9/h2-4,7,11-13H,5-6,8H2,1H3. The van der Waals surface area contributed by atoms with Gasteiger partial charge in [-0.1, -0.05) is 12.1 Å². The number of phenols is 1. The second-order valence-corrected chi connectivity index (χ2v) is 3.84. The van der Waals surface area contributed by atoms with Gasteiger partial charge in [0.1, 0.15) is 5.75 Å². The van der Waals surface area contributed by atoms with Crippen LogP contribution in [0.1, 0.15) is 24.5 Å². The second-order valence-electron chi connectivity index (χ2n) is 3.84. The first kappa shape index (κ1) is 10.5. The number of hydrogen-bond donors (Lipinski definition) is 1. The van der Waals surface area contributed by atoms with Gasteiger partial charge in [-0.15, -0.1) is 0 Å². The van der Waals surface area contributed by atoms with Gasteiger partial charge in [-0.2, -0.15) is 0 Å².